The summed E-state index contributed by atoms with van der Waals surface area (Å²) >= 11 is 0. The van der Waals surface area contributed by atoms with E-state index in [4.69, 9.17) is 24.4 Å². The zero-order valence-corrected chi connectivity index (χ0v) is 15.2. The number of methoxy groups -OCH3 is 2. The lowest BCUT2D eigenvalue weighted by atomic mass is 9.98. The molecule has 7 nitrogen and oxygen atoms in total. The van der Waals surface area contributed by atoms with E-state index < -0.39 is 11.5 Å². The number of carbonyl (C=O) groups is 1. The fourth-order valence-electron chi connectivity index (χ4n) is 2.89. The molecule has 27 heavy (non-hydrogen) atoms. The van der Waals surface area contributed by atoms with Crippen LogP contribution in [0, 0.1) is 6.92 Å². The van der Waals surface area contributed by atoms with Crippen LogP contribution in [0.5, 0.6) is 17.2 Å². The van der Waals surface area contributed by atoms with Crippen LogP contribution in [0.25, 0.3) is 22.1 Å². The molecule has 1 amide bonds. The average Bonchev–Trinajstić information content (AvgIpc) is 2.66. The molecule has 0 atom stereocenters. The maximum Gasteiger partial charge on any atom is 0.344 e. The van der Waals surface area contributed by atoms with E-state index in [-0.39, 0.29) is 6.61 Å². The summed E-state index contributed by atoms with van der Waals surface area (Å²) in [6.45, 7) is 1.58. The Morgan fingerprint density at radius 1 is 1.07 bits per heavy atom. The molecule has 1 heterocycles. The van der Waals surface area contributed by atoms with Crippen molar-refractivity contribution in [3.63, 3.8) is 0 Å². The van der Waals surface area contributed by atoms with Crippen molar-refractivity contribution in [1.29, 1.82) is 0 Å². The molecule has 0 aliphatic carbocycles. The topological polar surface area (TPSA) is 101 Å². The molecule has 2 aromatic carbocycles. The first kappa shape index (κ1) is 18.3. The Bertz CT molecular complexity index is 1070. The normalized spacial score (nSPS) is 10.6. The number of rotatable bonds is 6. The minimum absolute atomic E-state index is 0.236. The number of hydrogen-bond acceptors (Lipinski definition) is 6. The molecule has 0 aliphatic heterocycles. The molecule has 0 unspecified atom stereocenters. The number of primary amides is 1. The predicted molar refractivity (Wildman–Crippen MR) is 100 cm³/mol. The minimum Gasteiger partial charge on any atom is -0.497 e. The minimum atomic E-state index is -0.574. The molecule has 0 radical (unpaired) electrons. The van der Waals surface area contributed by atoms with E-state index in [1.807, 2.05) is 6.92 Å². The molecule has 0 fully saturated rings. The van der Waals surface area contributed by atoms with Gasteiger partial charge in [0, 0.05) is 17.0 Å². The highest BCUT2D eigenvalue weighted by atomic mass is 16.5. The summed E-state index contributed by atoms with van der Waals surface area (Å²) in [5, 5.41) is 0.685. The molecule has 0 saturated heterocycles. The zero-order valence-electron chi connectivity index (χ0n) is 15.2. The van der Waals surface area contributed by atoms with Gasteiger partial charge >= 0.3 is 5.63 Å². The third kappa shape index (κ3) is 3.57. The summed E-state index contributed by atoms with van der Waals surface area (Å²) in [6.07, 6.45) is 0. The standard InChI is InChI=1S/C20H19NO6/c1-11-15-8-13(26-10-18(21)22)5-7-16(15)27-20(23)19(11)14-6-4-12(24-2)9-17(14)25-3/h4-9H,10H2,1-3H3,(H2,21,22). The highest BCUT2D eigenvalue weighted by Crippen LogP contribution is 2.36. The van der Waals surface area contributed by atoms with Crippen molar-refractivity contribution < 1.29 is 23.4 Å². The molecule has 0 saturated carbocycles. The lowest BCUT2D eigenvalue weighted by molar-refractivity contribution is -0.119. The van der Waals surface area contributed by atoms with Gasteiger partial charge in [-0.2, -0.15) is 0 Å². The van der Waals surface area contributed by atoms with Gasteiger partial charge in [-0.3, -0.25) is 4.79 Å². The SMILES string of the molecule is COc1ccc(-c2c(C)c3cc(OCC(N)=O)ccc3oc2=O)c(OC)c1. The van der Waals surface area contributed by atoms with E-state index >= 15 is 0 Å². The summed E-state index contributed by atoms with van der Waals surface area (Å²) in [5.41, 5.74) is 6.73. The molecule has 0 aliphatic rings. The molecule has 0 bridgehead atoms. The van der Waals surface area contributed by atoms with Crippen LogP contribution in [-0.4, -0.2) is 26.7 Å². The van der Waals surface area contributed by atoms with Gasteiger partial charge in [-0.15, -0.1) is 0 Å². The molecule has 2 N–H and O–H groups in total. The Morgan fingerprint density at radius 3 is 2.48 bits per heavy atom. The van der Waals surface area contributed by atoms with E-state index in [9.17, 15) is 9.59 Å². The highest BCUT2D eigenvalue weighted by Gasteiger charge is 2.18. The molecular weight excluding hydrogens is 350 g/mol. The van der Waals surface area contributed by atoms with Crippen LogP contribution in [0.4, 0.5) is 0 Å². The first-order valence-electron chi connectivity index (χ1n) is 8.15. The lowest BCUT2D eigenvalue weighted by Gasteiger charge is -2.13. The van der Waals surface area contributed by atoms with Crippen LogP contribution in [-0.2, 0) is 4.79 Å². The molecule has 1 aromatic heterocycles. The second-order valence-corrected chi connectivity index (χ2v) is 5.87. The van der Waals surface area contributed by atoms with E-state index in [1.165, 1.54) is 7.11 Å². The maximum absolute atomic E-state index is 12.6. The number of amides is 1. The zero-order chi connectivity index (χ0) is 19.6. The second kappa shape index (κ2) is 7.41. The molecule has 3 aromatic rings. The van der Waals surface area contributed by atoms with E-state index in [0.717, 1.165) is 0 Å². The van der Waals surface area contributed by atoms with Gasteiger partial charge in [0.1, 0.15) is 22.8 Å². The number of fused-ring (bicyclic) bond motifs is 1. The van der Waals surface area contributed by atoms with Crippen molar-refractivity contribution in [2.24, 2.45) is 5.73 Å². The largest absolute Gasteiger partial charge is 0.497 e. The quantitative estimate of drug-likeness (QED) is 0.671. The molecule has 0 spiro atoms. The number of carbonyl (C=O) groups excluding carboxylic acids is 1. The van der Waals surface area contributed by atoms with Gasteiger partial charge in [0.25, 0.3) is 5.91 Å². The Hall–Kier alpha value is -3.48. The number of hydrogen-bond donors (Lipinski definition) is 1. The first-order valence-corrected chi connectivity index (χ1v) is 8.15. The molecular formula is C20H19NO6. The van der Waals surface area contributed by atoms with E-state index in [0.29, 0.717) is 44.9 Å². The van der Waals surface area contributed by atoms with Crippen molar-refractivity contribution >= 4 is 16.9 Å². The van der Waals surface area contributed by atoms with Crippen molar-refractivity contribution in [2.45, 2.75) is 6.92 Å². The van der Waals surface area contributed by atoms with Gasteiger partial charge in [0.05, 0.1) is 19.8 Å². The maximum atomic E-state index is 12.6. The number of aryl methyl sites for hydroxylation is 1. The van der Waals surface area contributed by atoms with Gasteiger partial charge < -0.3 is 24.4 Å². The summed E-state index contributed by atoms with van der Waals surface area (Å²) in [7, 11) is 3.07. The van der Waals surface area contributed by atoms with Gasteiger partial charge in [0.15, 0.2) is 6.61 Å². The van der Waals surface area contributed by atoms with Gasteiger partial charge in [-0.1, -0.05) is 0 Å². The van der Waals surface area contributed by atoms with E-state index in [1.54, 1.807) is 43.5 Å². The Balaban J connectivity index is 2.19. The lowest BCUT2D eigenvalue weighted by Crippen LogP contribution is -2.20. The summed E-state index contributed by atoms with van der Waals surface area (Å²) in [5.74, 6) is 0.978. The summed E-state index contributed by atoms with van der Waals surface area (Å²) < 4.78 is 21.4. The van der Waals surface area contributed by atoms with Crippen LogP contribution >= 0.6 is 0 Å². The molecule has 3 rings (SSSR count). The highest BCUT2D eigenvalue weighted by molar-refractivity contribution is 5.89. The fourth-order valence-corrected chi connectivity index (χ4v) is 2.89. The number of ether oxygens (including phenoxy) is 3. The Labute approximate surface area is 155 Å². The van der Waals surface area contributed by atoms with Crippen molar-refractivity contribution in [2.75, 3.05) is 20.8 Å². The van der Waals surface area contributed by atoms with Crippen molar-refractivity contribution in [3.05, 3.63) is 52.4 Å². The van der Waals surface area contributed by atoms with Gasteiger partial charge in [0.2, 0.25) is 0 Å². The van der Waals surface area contributed by atoms with Crippen molar-refractivity contribution in [1.82, 2.24) is 0 Å². The molecule has 7 heteroatoms. The second-order valence-electron chi connectivity index (χ2n) is 5.87. The van der Waals surface area contributed by atoms with E-state index in [2.05, 4.69) is 0 Å². The number of nitrogens with two attached hydrogens (primary N) is 1. The summed E-state index contributed by atoms with van der Waals surface area (Å²) in [6, 6.07) is 10.1. The Kier molecular flexibility index (Phi) is 5.03. The van der Waals surface area contributed by atoms with Crippen molar-refractivity contribution in [3.8, 4) is 28.4 Å². The van der Waals surface area contributed by atoms with Crippen LogP contribution < -0.4 is 25.6 Å². The van der Waals surface area contributed by atoms with Crippen LogP contribution in [0.3, 0.4) is 0 Å². The molecule has 140 valence electrons. The van der Waals surface area contributed by atoms with Gasteiger partial charge in [-0.05, 0) is 42.8 Å². The third-order valence-electron chi connectivity index (χ3n) is 4.20. The van der Waals surface area contributed by atoms with Gasteiger partial charge in [-0.25, -0.2) is 4.79 Å². The average molecular weight is 369 g/mol. The smallest absolute Gasteiger partial charge is 0.344 e. The summed E-state index contributed by atoms with van der Waals surface area (Å²) in [4.78, 5) is 23.6. The number of benzene rings is 2. The van der Waals surface area contributed by atoms with Crippen LogP contribution in [0.2, 0.25) is 0 Å². The third-order valence-corrected chi connectivity index (χ3v) is 4.20. The monoisotopic (exact) mass is 369 g/mol. The Morgan fingerprint density at radius 2 is 1.81 bits per heavy atom. The fraction of sp³-hybridized carbons (Fsp3) is 0.200. The van der Waals surface area contributed by atoms with Crippen LogP contribution in [0.15, 0.2) is 45.6 Å². The predicted octanol–water partition coefficient (Wildman–Crippen LogP) is 2.65. The van der Waals surface area contributed by atoms with Crippen LogP contribution in [0.1, 0.15) is 5.56 Å². The first-order chi connectivity index (χ1) is 12.9.